The zero-order valence-electron chi connectivity index (χ0n) is 10.5. The molecule has 1 heterocycles. The molecule has 0 aromatic carbocycles. The van der Waals surface area contributed by atoms with Gasteiger partial charge in [0.15, 0.2) is 0 Å². The molecular weight excluding hydrogens is 204 g/mol. The van der Waals surface area contributed by atoms with E-state index in [4.69, 9.17) is 9.47 Å². The van der Waals surface area contributed by atoms with E-state index >= 15 is 0 Å². The third-order valence-corrected chi connectivity index (χ3v) is 3.29. The van der Waals surface area contributed by atoms with Crippen LogP contribution in [-0.2, 0) is 9.47 Å². The molecule has 0 aliphatic carbocycles. The van der Waals surface area contributed by atoms with Crippen molar-refractivity contribution < 1.29 is 14.3 Å². The van der Waals surface area contributed by atoms with Gasteiger partial charge in [0.25, 0.3) is 0 Å². The fourth-order valence-corrected chi connectivity index (χ4v) is 2.20. The van der Waals surface area contributed by atoms with Gasteiger partial charge in [-0.2, -0.15) is 0 Å². The number of unbranched alkanes of at least 4 members (excludes halogenated alkanes) is 3. The lowest BCUT2D eigenvalue weighted by Crippen LogP contribution is -2.15. The van der Waals surface area contributed by atoms with E-state index in [0.29, 0.717) is 12.5 Å². The molecule has 1 aliphatic rings. The second-order valence-corrected chi connectivity index (χ2v) is 4.66. The Kier molecular flexibility index (Phi) is 6.27. The van der Waals surface area contributed by atoms with Crippen molar-refractivity contribution in [2.24, 2.45) is 5.92 Å². The van der Waals surface area contributed by atoms with Crippen molar-refractivity contribution in [3.63, 3.8) is 0 Å². The van der Waals surface area contributed by atoms with Gasteiger partial charge < -0.3 is 9.47 Å². The first-order valence-electron chi connectivity index (χ1n) is 6.59. The molecule has 0 aromatic heterocycles. The fraction of sp³-hybridized carbons (Fsp3) is 0.923. The molecule has 1 rings (SSSR count). The van der Waals surface area contributed by atoms with E-state index in [-0.39, 0.29) is 6.10 Å². The molecule has 0 spiro atoms. The van der Waals surface area contributed by atoms with Gasteiger partial charge in [-0.3, -0.25) is 0 Å². The predicted octanol–water partition coefficient (Wildman–Crippen LogP) is 3.91. The number of hydrogen-bond acceptors (Lipinski definition) is 3. The fourth-order valence-electron chi connectivity index (χ4n) is 2.20. The molecule has 0 radical (unpaired) electrons. The smallest absolute Gasteiger partial charge is 0.430 e. The first kappa shape index (κ1) is 13.3. The summed E-state index contributed by atoms with van der Waals surface area (Å²) in [5.74, 6) is 0.677. The van der Waals surface area contributed by atoms with E-state index in [1.54, 1.807) is 0 Å². The van der Waals surface area contributed by atoms with Crippen molar-refractivity contribution in [3.05, 3.63) is 0 Å². The van der Waals surface area contributed by atoms with Crippen molar-refractivity contribution >= 4 is 6.16 Å². The molecule has 3 heteroatoms. The summed E-state index contributed by atoms with van der Waals surface area (Å²) in [5.41, 5.74) is 0. The van der Waals surface area contributed by atoms with Gasteiger partial charge in [-0.05, 0) is 12.3 Å². The summed E-state index contributed by atoms with van der Waals surface area (Å²) in [6.45, 7) is 4.89. The first-order chi connectivity index (χ1) is 7.76. The zero-order valence-corrected chi connectivity index (χ0v) is 10.5. The molecule has 0 saturated carbocycles. The topological polar surface area (TPSA) is 35.5 Å². The highest BCUT2D eigenvalue weighted by atomic mass is 16.8. The summed E-state index contributed by atoms with van der Waals surface area (Å²) < 4.78 is 9.85. The van der Waals surface area contributed by atoms with E-state index in [2.05, 4.69) is 13.8 Å². The van der Waals surface area contributed by atoms with Crippen LogP contribution in [0.4, 0.5) is 4.79 Å². The molecule has 0 N–H and O–H groups in total. The Bertz CT molecular complexity index is 203. The summed E-state index contributed by atoms with van der Waals surface area (Å²) in [6.07, 6.45) is 8.14. The Hall–Kier alpha value is -0.730. The maximum Gasteiger partial charge on any atom is 0.508 e. The van der Waals surface area contributed by atoms with Gasteiger partial charge in [0.05, 0.1) is 0 Å². The molecule has 2 atom stereocenters. The average Bonchev–Trinajstić information content (AvgIpc) is 2.68. The molecule has 1 fully saturated rings. The number of carbonyl (C=O) groups is 1. The van der Waals surface area contributed by atoms with Crippen LogP contribution in [0.15, 0.2) is 0 Å². The second kappa shape index (κ2) is 7.53. The van der Waals surface area contributed by atoms with Crippen LogP contribution < -0.4 is 0 Å². The Morgan fingerprint density at radius 1 is 1.31 bits per heavy atom. The molecule has 1 aliphatic heterocycles. The minimum absolute atomic E-state index is 0.00336. The van der Waals surface area contributed by atoms with Gasteiger partial charge >= 0.3 is 6.16 Å². The summed E-state index contributed by atoms with van der Waals surface area (Å²) in [7, 11) is 0. The van der Waals surface area contributed by atoms with Crippen LogP contribution in [0.25, 0.3) is 0 Å². The van der Waals surface area contributed by atoms with Crippen LogP contribution in [0.5, 0.6) is 0 Å². The monoisotopic (exact) mass is 228 g/mol. The number of cyclic esters (lactones) is 2. The lowest BCUT2D eigenvalue weighted by atomic mass is 9.93. The highest BCUT2D eigenvalue weighted by Crippen LogP contribution is 2.23. The standard InChI is InChI=1S/C13H24O3/c1-3-5-6-7-8-11(4-2)9-12-10-15-13(14)16-12/h11-12H,3-10H2,1-2H3. The molecule has 94 valence electrons. The third kappa shape index (κ3) is 4.86. The van der Waals surface area contributed by atoms with E-state index in [1.807, 2.05) is 0 Å². The van der Waals surface area contributed by atoms with Gasteiger partial charge in [0, 0.05) is 0 Å². The SMILES string of the molecule is CCCCCCC(CC)CC1COC(=O)O1. The van der Waals surface area contributed by atoms with Crippen molar-refractivity contribution in [2.45, 2.75) is 64.9 Å². The molecule has 0 bridgehead atoms. The van der Waals surface area contributed by atoms with Crippen LogP contribution >= 0.6 is 0 Å². The van der Waals surface area contributed by atoms with Crippen molar-refractivity contribution in [2.75, 3.05) is 6.61 Å². The number of carbonyl (C=O) groups excluding carboxylic acids is 1. The summed E-state index contributed by atoms with van der Waals surface area (Å²) in [6, 6.07) is 0. The van der Waals surface area contributed by atoms with Crippen molar-refractivity contribution in [3.8, 4) is 0 Å². The van der Waals surface area contributed by atoms with E-state index in [1.165, 1.54) is 38.5 Å². The molecule has 2 unspecified atom stereocenters. The predicted molar refractivity (Wildman–Crippen MR) is 63.4 cm³/mol. The number of ether oxygens (including phenoxy) is 2. The maximum absolute atomic E-state index is 10.8. The molecule has 0 amide bonds. The largest absolute Gasteiger partial charge is 0.508 e. The normalized spacial score (nSPS) is 21.6. The number of hydrogen-bond donors (Lipinski definition) is 0. The minimum atomic E-state index is -0.495. The Morgan fingerprint density at radius 2 is 2.12 bits per heavy atom. The lowest BCUT2D eigenvalue weighted by molar-refractivity contribution is 0.110. The van der Waals surface area contributed by atoms with Crippen LogP contribution in [0.1, 0.15) is 58.8 Å². The quantitative estimate of drug-likeness (QED) is 0.467. The highest BCUT2D eigenvalue weighted by Gasteiger charge is 2.26. The summed E-state index contributed by atoms with van der Waals surface area (Å²) in [4.78, 5) is 10.8. The van der Waals surface area contributed by atoms with Crippen LogP contribution in [0.3, 0.4) is 0 Å². The highest BCUT2D eigenvalue weighted by molar-refractivity contribution is 5.61. The van der Waals surface area contributed by atoms with Gasteiger partial charge in [-0.1, -0.05) is 52.4 Å². The van der Waals surface area contributed by atoms with Crippen LogP contribution in [0, 0.1) is 5.92 Å². The van der Waals surface area contributed by atoms with Gasteiger partial charge in [-0.15, -0.1) is 0 Å². The second-order valence-electron chi connectivity index (χ2n) is 4.66. The summed E-state index contributed by atoms with van der Waals surface area (Å²) >= 11 is 0. The molecule has 16 heavy (non-hydrogen) atoms. The lowest BCUT2D eigenvalue weighted by Gasteiger charge is -2.16. The zero-order chi connectivity index (χ0) is 11.8. The Labute approximate surface area is 98.5 Å². The van der Waals surface area contributed by atoms with E-state index in [9.17, 15) is 4.79 Å². The summed E-state index contributed by atoms with van der Waals surface area (Å²) in [5, 5.41) is 0. The number of rotatable bonds is 8. The first-order valence-corrected chi connectivity index (χ1v) is 6.59. The average molecular weight is 228 g/mol. The van der Waals surface area contributed by atoms with Gasteiger partial charge in [-0.25, -0.2) is 4.79 Å². The van der Waals surface area contributed by atoms with Gasteiger partial charge in [0.2, 0.25) is 0 Å². The molecular formula is C13H24O3. The van der Waals surface area contributed by atoms with Crippen LogP contribution in [-0.4, -0.2) is 18.9 Å². The van der Waals surface area contributed by atoms with Crippen molar-refractivity contribution in [1.29, 1.82) is 0 Å². The molecule has 3 nitrogen and oxygen atoms in total. The molecule has 0 aromatic rings. The van der Waals surface area contributed by atoms with E-state index in [0.717, 1.165) is 6.42 Å². The third-order valence-electron chi connectivity index (χ3n) is 3.29. The Balaban J connectivity index is 2.13. The van der Waals surface area contributed by atoms with Gasteiger partial charge in [0.1, 0.15) is 12.7 Å². The maximum atomic E-state index is 10.8. The van der Waals surface area contributed by atoms with Crippen molar-refractivity contribution in [1.82, 2.24) is 0 Å². The molecule has 1 saturated heterocycles. The minimum Gasteiger partial charge on any atom is -0.430 e. The van der Waals surface area contributed by atoms with Crippen LogP contribution in [0.2, 0.25) is 0 Å². The Morgan fingerprint density at radius 3 is 2.69 bits per heavy atom. The van der Waals surface area contributed by atoms with E-state index < -0.39 is 6.16 Å².